The standard InChI is InChI=1S/C20H33ClN2O2/c1-14(15-6-8-16(21)9-7-15)25-13-18(24)12-22-17-10-19(2,3)23-20(4,5)11-17/h6-9,14,17-18,22-24H,10-13H2,1-5H3/p+2/t14-,18+/m0/s1. The van der Waals surface area contributed by atoms with Crippen molar-refractivity contribution in [1.29, 1.82) is 0 Å². The molecule has 4 nitrogen and oxygen atoms in total. The molecule has 1 saturated heterocycles. The quantitative estimate of drug-likeness (QED) is 0.683. The molecule has 0 amide bonds. The molecule has 5 N–H and O–H groups in total. The molecule has 1 aromatic carbocycles. The molecular formula is C20H35ClN2O2+2. The zero-order valence-electron chi connectivity index (χ0n) is 16.3. The van der Waals surface area contributed by atoms with Crippen LogP contribution in [0.25, 0.3) is 0 Å². The second-order valence-electron chi connectivity index (χ2n) is 8.94. The van der Waals surface area contributed by atoms with Crippen LogP contribution in [0.2, 0.25) is 5.02 Å². The molecule has 0 aliphatic carbocycles. The summed E-state index contributed by atoms with van der Waals surface area (Å²) in [6, 6.07) is 8.22. The van der Waals surface area contributed by atoms with Crippen molar-refractivity contribution >= 4 is 11.6 Å². The van der Waals surface area contributed by atoms with Gasteiger partial charge in [-0.05, 0) is 52.3 Å². The Kier molecular flexibility index (Phi) is 6.91. The summed E-state index contributed by atoms with van der Waals surface area (Å²) in [7, 11) is 0. The van der Waals surface area contributed by atoms with Gasteiger partial charge in [-0.25, -0.2) is 0 Å². The van der Waals surface area contributed by atoms with E-state index in [9.17, 15) is 5.11 Å². The Labute approximate surface area is 157 Å². The van der Waals surface area contributed by atoms with Crippen molar-refractivity contribution in [2.24, 2.45) is 0 Å². The molecule has 5 heteroatoms. The molecule has 1 aliphatic heterocycles. The first-order valence-electron chi connectivity index (χ1n) is 9.32. The molecular weight excluding hydrogens is 336 g/mol. The average Bonchev–Trinajstić information content (AvgIpc) is 2.48. The highest BCUT2D eigenvalue weighted by Crippen LogP contribution is 2.20. The molecule has 0 radical (unpaired) electrons. The largest absolute Gasteiger partial charge is 0.385 e. The fourth-order valence-electron chi connectivity index (χ4n) is 4.27. The molecule has 1 aromatic rings. The number of benzene rings is 1. The van der Waals surface area contributed by atoms with Gasteiger partial charge in [0.05, 0.1) is 42.7 Å². The molecule has 2 rings (SSSR count). The van der Waals surface area contributed by atoms with Gasteiger partial charge in [0.2, 0.25) is 0 Å². The number of aliphatic hydroxyl groups excluding tert-OH is 1. The zero-order valence-corrected chi connectivity index (χ0v) is 17.0. The Balaban J connectivity index is 1.75. The van der Waals surface area contributed by atoms with Crippen molar-refractivity contribution in [3.05, 3.63) is 34.9 Å². The first-order chi connectivity index (χ1) is 11.6. The maximum Gasteiger partial charge on any atom is 0.126 e. The van der Waals surface area contributed by atoms with Gasteiger partial charge in [0.15, 0.2) is 0 Å². The fraction of sp³-hybridized carbons (Fsp3) is 0.700. The van der Waals surface area contributed by atoms with Gasteiger partial charge >= 0.3 is 0 Å². The van der Waals surface area contributed by atoms with E-state index < -0.39 is 6.10 Å². The highest BCUT2D eigenvalue weighted by atomic mass is 35.5. The Bertz CT molecular complexity index is 529. The Morgan fingerprint density at radius 3 is 2.32 bits per heavy atom. The van der Waals surface area contributed by atoms with E-state index in [2.05, 4.69) is 38.3 Å². The number of nitrogens with two attached hydrogens (primary N) is 2. The number of halogens is 1. The lowest BCUT2D eigenvalue weighted by Gasteiger charge is -2.41. The summed E-state index contributed by atoms with van der Waals surface area (Å²) in [5, 5.41) is 15.8. The summed E-state index contributed by atoms with van der Waals surface area (Å²) in [4.78, 5) is 0. The second-order valence-corrected chi connectivity index (χ2v) is 9.38. The topological polar surface area (TPSA) is 62.7 Å². The lowest BCUT2D eigenvalue weighted by atomic mass is 9.79. The number of quaternary nitrogens is 2. The van der Waals surface area contributed by atoms with E-state index in [1.54, 1.807) is 0 Å². The van der Waals surface area contributed by atoms with Crippen LogP contribution < -0.4 is 10.6 Å². The average molecular weight is 371 g/mol. The highest BCUT2D eigenvalue weighted by Gasteiger charge is 2.43. The van der Waals surface area contributed by atoms with Crippen LogP contribution in [-0.2, 0) is 4.74 Å². The first kappa shape index (κ1) is 20.7. The van der Waals surface area contributed by atoms with E-state index in [-0.39, 0.29) is 17.2 Å². The van der Waals surface area contributed by atoms with Gasteiger partial charge in [0.25, 0.3) is 0 Å². The summed E-state index contributed by atoms with van der Waals surface area (Å²) in [6.07, 6.45) is 1.82. The van der Waals surface area contributed by atoms with E-state index in [4.69, 9.17) is 16.3 Å². The van der Waals surface area contributed by atoms with Crippen molar-refractivity contribution in [2.75, 3.05) is 13.2 Å². The Hall–Kier alpha value is -0.650. The molecule has 1 fully saturated rings. The molecule has 142 valence electrons. The molecule has 0 unspecified atom stereocenters. The van der Waals surface area contributed by atoms with Crippen LogP contribution in [0.15, 0.2) is 24.3 Å². The summed E-state index contributed by atoms with van der Waals surface area (Å²) in [5.74, 6) is 0. The maximum absolute atomic E-state index is 10.3. The van der Waals surface area contributed by atoms with E-state index in [1.165, 1.54) is 0 Å². The van der Waals surface area contributed by atoms with Crippen LogP contribution in [0.4, 0.5) is 0 Å². The molecule has 0 saturated carbocycles. The number of ether oxygens (including phenoxy) is 1. The van der Waals surface area contributed by atoms with Crippen LogP contribution in [-0.4, -0.2) is 41.5 Å². The number of hydrogen-bond donors (Lipinski definition) is 3. The third-order valence-electron chi connectivity index (χ3n) is 4.98. The van der Waals surface area contributed by atoms with Crippen LogP contribution in [0, 0.1) is 0 Å². The Morgan fingerprint density at radius 2 is 1.76 bits per heavy atom. The number of piperidine rings is 1. The van der Waals surface area contributed by atoms with Crippen molar-refractivity contribution in [1.82, 2.24) is 0 Å². The van der Waals surface area contributed by atoms with Gasteiger partial charge in [-0.2, -0.15) is 0 Å². The summed E-state index contributed by atoms with van der Waals surface area (Å²) < 4.78 is 5.83. The van der Waals surface area contributed by atoms with Crippen molar-refractivity contribution in [3.8, 4) is 0 Å². The molecule has 0 spiro atoms. The fourth-order valence-corrected chi connectivity index (χ4v) is 4.39. The molecule has 1 aliphatic rings. The summed E-state index contributed by atoms with van der Waals surface area (Å²) in [5.41, 5.74) is 1.59. The van der Waals surface area contributed by atoms with Crippen LogP contribution in [0.5, 0.6) is 0 Å². The minimum Gasteiger partial charge on any atom is -0.385 e. The second kappa shape index (κ2) is 8.36. The third-order valence-corrected chi connectivity index (χ3v) is 5.23. The van der Waals surface area contributed by atoms with Gasteiger partial charge in [0.1, 0.15) is 12.6 Å². The predicted molar refractivity (Wildman–Crippen MR) is 102 cm³/mol. The van der Waals surface area contributed by atoms with Crippen molar-refractivity contribution in [2.45, 2.75) is 76.8 Å². The van der Waals surface area contributed by atoms with E-state index in [0.29, 0.717) is 19.2 Å². The van der Waals surface area contributed by atoms with E-state index >= 15 is 0 Å². The van der Waals surface area contributed by atoms with Crippen molar-refractivity contribution < 1.29 is 20.5 Å². The minimum atomic E-state index is -0.452. The lowest BCUT2D eigenvalue weighted by molar-refractivity contribution is -0.814. The van der Waals surface area contributed by atoms with Gasteiger partial charge in [-0.15, -0.1) is 0 Å². The van der Waals surface area contributed by atoms with Gasteiger partial charge < -0.3 is 20.5 Å². The highest BCUT2D eigenvalue weighted by molar-refractivity contribution is 6.30. The number of aliphatic hydroxyl groups is 1. The third kappa shape index (κ3) is 6.87. The summed E-state index contributed by atoms with van der Waals surface area (Å²) >= 11 is 5.91. The molecule has 1 heterocycles. The predicted octanol–water partition coefficient (Wildman–Crippen LogP) is 1.62. The van der Waals surface area contributed by atoms with E-state index in [0.717, 1.165) is 23.4 Å². The molecule has 0 bridgehead atoms. The zero-order chi connectivity index (χ0) is 18.7. The molecule has 2 atom stereocenters. The number of hydrogen-bond acceptors (Lipinski definition) is 2. The van der Waals surface area contributed by atoms with Gasteiger partial charge in [-0.3, -0.25) is 0 Å². The van der Waals surface area contributed by atoms with E-state index in [1.807, 2.05) is 31.2 Å². The molecule has 0 aromatic heterocycles. The monoisotopic (exact) mass is 370 g/mol. The van der Waals surface area contributed by atoms with Crippen molar-refractivity contribution in [3.63, 3.8) is 0 Å². The Morgan fingerprint density at radius 1 is 1.20 bits per heavy atom. The smallest absolute Gasteiger partial charge is 0.126 e. The minimum absolute atomic E-state index is 0.0472. The van der Waals surface area contributed by atoms with Crippen LogP contribution in [0.3, 0.4) is 0 Å². The first-order valence-corrected chi connectivity index (χ1v) is 9.70. The molecule has 25 heavy (non-hydrogen) atoms. The van der Waals surface area contributed by atoms with Crippen LogP contribution in [0.1, 0.15) is 59.1 Å². The lowest BCUT2D eigenvalue weighted by Crippen LogP contribution is -3.09. The van der Waals surface area contributed by atoms with Gasteiger partial charge in [-0.1, -0.05) is 23.7 Å². The van der Waals surface area contributed by atoms with Crippen LogP contribution >= 0.6 is 11.6 Å². The normalized spacial score (nSPS) is 22.5. The summed E-state index contributed by atoms with van der Waals surface area (Å²) in [6.45, 7) is 12.3. The SMILES string of the molecule is C[C@H](OC[C@H](O)C[NH2+]C1CC(C)(C)[NH2+]C(C)(C)C1)c1ccc(Cl)cc1. The maximum atomic E-state index is 10.3. The number of rotatable bonds is 7. The van der Waals surface area contributed by atoms with Gasteiger partial charge in [0, 0.05) is 5.02 Å².